The summed E-state index contributed by atoms with van der Waals surface area (Å²) >= 11 is 0. The van der Waals surface area contributed by atoms with Gasteiger partial charge in [0.05, 0.1) is 53.1 Å². The van der Waals surface area contributed by atoms with Crippen LogP contribution in [0.5, 0.6) is 0 Å². The number of fused-ring (bicyclic) bond motifs is 4. The molecule has 1 atom stereocenters. The van der Waals surface area contributed by atoms with Gasteiger partial charge >= 0.3 is 6.16 Å². The maximum absolute atomic E-state index is 14.8. The maximum Gasteiger partial charge on any atom is 0.506 e. The largest absolute Gasteiger partial charge is 0.506 e. The van der Waals surface area contributed by atoms with Crippen LogP contribution in [0.15, 0.2) is 121 Å². The molecule has 68 heavy (non-hydrogen) atoms. The summed E-state index contributed by atoms with van der Waals surface area (Å²) < 4.78 is 23.2. The van der Waals surface area contributed by atoms with Crippen molar-refractivity contribution < 1.29 is 19.0 Å². The van der Waals surface area contributed by atoms with Crippen LogP contribution in [0.1, 0.15) is 72.8 Å². The van der Waals surface area contributed by atoms with Gasteiger partial charge in [-0.25, -0.2) is 14.2 Å². The van der Waals surface area contributed by atoms with Crippen LogP contribution < -0.4 is 54.3 Å². The number of nitrogens with zero attached hydrogens (tertiary/aromatic N) is 3. The van der Waals surface area contributed by atoms with Gasteiger partial charge in [0.15, 0.2) is 0 Å². The summed E-state index contributed by atoms with van der Waals surface area (Å²) in [5.41, 5.74) is 20.7. The molecule has 6 rings (SSSR count). The van der Waals surface area contributed by atoms with Crippen molar-refractivity contribution in [1.82, 2.24) is 35.4 Å². The quantitative estimate of drug-likeness (QED) is 0.0149. The molecule has 15 heteroatoms. The third-order valence-corrected chi connectivity index (χ3v) is 12.2. The fourth-order valence-electron chi connectivity index (χ4n) is 8.38. The van der Waals surface area contributed by atoms with E-state index in [0.29, 0.717) is 66.2 Å². The van der Waals surface area contributed by atoms with Gasteiger partial charge in [0.25, 0.3) is 5.56 Å². The molecule has 1 aliphatic heterocycles. The van der Waals surface area contributed by atoms with E-state index in [-0.39, 0.29) is 36.0 Å². The van der Waals surface area contributed by atoms with E-state index in [1.807, 2.05) is 24.3 Å². The second-order valence-corrected chi connectivity index (χ2v) is 17.4. The highest BCUT2D eigenvalue weighted by Gasteiger charge is 2.28. The van der Waals surface area contributed by atoms with Gasteiger partial charge in [-0.05, 0) is 105 Å². The number of nitrogens with one attached hydrogen (secondary N) is 5. The van der Waals surface area contributed by atoms with Crippen LogP contribution in [0.3, 0.4) is 0 Å². The third-order valence-electron chi connectivity index (χ3n) is 12.2. The van der Waals surface area contributed by atoms with Crippen molar-refractivity contribution in [2.75, 3.05) is 24.1 Å². The van der Waals surface area contributed by atoms with Crippen LogP contribution in [0.25, 0.3) is 35.4 Å². The number of aryl methyl sites for hydroxylation is 2. The van der Waals surface area contributed by atoms with Gasteiger partial charge in [-0.15, -0.1) is 0 Å². The number of unbranched alkanes of at least 4 members (excludes halogenated alkanes) is 2. The molecular formula is C53H65FN10O4. The van der Waals surface area contributed by atoms with Crippen molar-refractivity contribution >= 4 is 41.6 Å². The minimum absolute atomic E-state index is 0.0143. The predicted molar refractivity (Wildman–Crippen MR) is 273 cm³/mol. The summed E-state index contributed by atoms with van der Waals surface area (Å²) in [4.78, 5) is 29.5. The molecule has 5 aromatic rings. The molecule has 0 radical (unpaired) electrons. The van der Waals surface area contributed by atoms with Crippen molar-refractivity contribution in [3.8, 4) is 11.4 Å². The molecule has 1 unspecified atom stereocenters. The number of benzene rings is 2. The number of allylic oxidation sites excluding steroid dienone is 2. The SMILES string of the molecule is C=C(N)NCCCC(NC(=C)CNC(=C)CCCCCn1c(=C)ccc1=C)C(=C)Nc1ccc(CCC(=C)NCc2c3c(nc4cc(F)c(N)cc24)-c2cc(C)c(COC(=O)O)c(=O)n2C3)cc1. The zero-order chi connectivity index (χ0) is 49.1. The number of hydrogen-bond acceptors (Lipinski definition) is 11. The highest BCUT2D eigenvalue weighted by molar-refractivity contribution is 5.90. The topological polar surface area (TPSA) is 199 Å². The Morgan fingerprint density at radius 2 is 1.63 bits per heavy atom. The Morgan fingerprint density at radius 3 is 2.34 bits per heavy atom. The molecule has 2 aromatic carbocycles. The van der Waals surface area contributed by atoms with Crippen molar-refractivity contribution in [2.45, 2.75) is 90.6 Å². The van der Waals surface area contributed by atoms with Crippen LogP contribution >= 0.6 is 0 Å². The number of aromatic nitrogens is 3. The molecule has 0 amide bonds. The number of rotatable bonds is 27. The second kappa shape index (κ2) is 22.7. The lowest BCUT2D eigenvalue weighted by atomic mass is 9.99. The van der Waals surface area contributed by atoms with Crippen LogP contribution in [0, 0.1) is 12.7 Å². The average molecular weight is 925 g/mol. The number of nitrogen functional groups attached to an aromatic ring is 1. The predicted octanol–water partition coefficient (Wildman–Crippen LogP) is 7.07. The van der Waals surface area contributed by atoms with Gasteiger partial charge in [-0.2, -0.15) is 0 Å². The number of anilines is 2. The van der Waals surface area contributed by atoms with Crippen molar-refractivity contribution in [3.63, 3.8) is 0 Å². The highest BCUT2D eigenvalue weighted by Crippen LogP contribution is 2.37. The monoisotopic (exact) mass is 925 g/mol. The Bertz CT molecular complexity index is 2870. The summed E-state index contributed by atoms with van der Waals surface area (Å²) in [6, 6.07) is 16.7. The molecule has 0 saturated heterocycles. The lowest BCUT2D eigenvalue weighted by Crippen LogP contribution is -2.36. The van der Waals surface area contributed by atoms with E-state index in [9.17, 15) is 14.0 Å². The van der Waals surface area contributed by atoms with Gasteiger partial charge in [0.1, 0.15) is 12.4 Å². The zero-order valence-corrected chi connectivity index (χ0v) is 39.2. The van der Waals surface area contributed by atoms with Crippen molar-refractivity contribution in [1.29, 1.82) is 0 Å². The molecule has 4 heterocycles. The van der Waals surface area contributed by atoms with E-state index < -0.39 is 12.0 Å². The summed E-state index contributed by atoms with van der Waals surface area (Å²) in [5, 5.41) is 28.7. The maximum atomic E-state index is 14.8. The number of carboxylic acid groups (broad SMARTS) is 1. The summed E-state index contributed by atoms with van der Waals surface area (Å²) in [5.74, 6) is -0.161. The average Bonchev–Trinajstić information content (AvgIpc) is 3.82. The molecule has 0 fully saturated rings. The van der Waals surface area contributed by atoms with Crippen LogP contribution in [-0.2, 0) is 37.4 Å². The number of halogens is 1. The van der Waals surface area contributed by atoms with Crippen molar-refractivity contribution in [2.24, 2.45) is 5.73 Å². The summed E-state index contributed by atoms with van der Waals surface area (Å²) in [6.07, 6.45) is 5.51. The fraction of sp³-hybridized carbons (Fsp3) is 0.302. The molecule has 358 valence electrons. The molecule has 0 aliphatic carbocycles. The molecule has 14 nitrogen and oxygen atoms in total. The summed E-state index contributed by atoms with van der Waals surface area (Å²) in [7, 11) is 0. The van der Waals surface area contributed by atoms with E-state index in [1.54, 1.807) is 23.6 Å². The second-order valence-electron chi connectivity index (χ2n) is 17.4. The first-order valence-corrected chi connectivity index (χ1v) is 22.8. The molecule has 10 N–H and O–H groups in total. The minimum Gasteiger partial charge on any atom is -0.450 e. The first-order chi connectivity index (χ1) is 32.5. The van der Waals surface area contributed by atoms with Crippen LogP contribution in [0.2, 0.25) is 0 Å². The highest BCUT2D eigenvalue weighted by atomic mass is 19.1. The Hall–Kier alpha value is -7.68. The van der Waals surface area contributed by atoms with Gasteiger partial charge in [0, 0.05) is 75.8 Å². The van der Waals surface area contributed by atoms with E-state index in [2.05, 4.69) is 89.3 Å². The number of nitrogens with two attached hydrogens (primary N) is 2. The zero-order valence-electron chi connectivity index (χ0n) is 39.2. The fourth-order valence-corrected chi connectivity index (χ4v) is 8.38. The number of pyridine rings is 2. The Kier molecular flexibility index (Phi) is 16.6. The van der Waals surface area contributed by atoms with E-state index in [1.165, 1.54) is 6.07 Å². The molecule has 1 aliphatic rings. The van der Waals surface area contributed by atoms with Gasteiger partial charge in [-0.3, -0.25) is 4.79 Å². The standard InChI is InChI=1S/C53H65FN10O4/c1-32-25-50-51-44(30-64(50)52(65)45(32)31-68-53(66)67)43(42-26-47(56)46(54)27-49(42)62-51)29-59-34(3)15-18-40-19-21-41(22-20-40)61-38(7)48(14-12-23-57-39(8)55)60-35(4)28-58-33(2)13-10-9-11-24-63-36(5)16-17-37(63)6/h16-17,19-22,25-27,48,57-61H,2-15,18,23-24,28-31,55-56H2,1H3,(H,66,67). The third kappa shape index (κ3) is 12.8. The molecular weight excluding hydrogens is 860 g/mol. The lowest BCUT2D eigenvalue weighted by Gasteiger charge is -2.25. The first-order valence-electron chi connectivity index (χ1n) is 22.8. The normalized spacial score (nSPS) is 11.9. The first kappa shape index (κ1) is 49.7. The Labute approximate surface area is 397 Å². The van der Waals surface area contributed by atoms with Crippen molar-refractivity contribution in [3.05, 3.63) is 171 Å². The smallest absolute Gasteiger partial charge is 0.450 e. The Morgan fingerprint density at radius 1 is 0.912 bits per heavy atom. The van der Waals surface area contributed by atoms with Crippen LogP contribution in [-0.4, -0.2) is 44.5 Å². The minimum atomic E-state index is -1.47. The van der Waals surface area contributed by atoms with Gasteiger partial charge in [0.2, 0.25) is 0 Å². The van der Waals surface area contributed by atoms with E-state index in [0.717, 1.165) is 101 Å². The van der Waals surface area contributed by atoms with Gasteiger partial charge < -0.3 is 57.0 Å². The lowest BCUT2D eigenvalue weighted by molar-refractivity contribution is 0.0848. The number of hydrogen-bond donors (Lipinski definition) is 8. The Balaban J connectivity index is 1.02. The van der Waals surface area contributed by atoms with Gasteiger partial charge in [-0.1, -0.05) is 64.6 Å². The van der Waals surface area contributed by atoms with Crippen LogP contribution in [0.4, 0.5) is 20.6 Å². The van der Waals surface area contributed by atoms with E-state index >= 15 is 0 Å². The van der Waals surface area contributed by atoms with E-state index in [4.69, 9.17) is 26.3 Å². The number of ether oxygens (including phenoxy) is 1. The molecule has 0 bridgehead atoms. The number of carbonyl (C=O) groups is 1. The molecule has 0 saturated carbocycles. The summed E-state index contributed by atoms with van der Waals surface area (Å²) in [6.45, 7) is 33.1. The molecule has 0 spiro atoms. The molecule has 3 aromatic heterocycles.